The van der Waals surface area contributed by atoms with Crippen LogP contribution in [0.25, 0.3) is 0 Å². The van der Waals surface area contributed by atoms with Gasteiger partial charge < -0.3 is 15.0 Å². The summed E-state index contributed by atoms with van der Waals surface area (Å²) in [7, 11) is 0. The van der Waals surface area contributed by atoms with E-state index in [0.29, 0.717) is 29.2 Å². The first-order chi connectivity index (χ1) is 12.8. The van der Waals surface area contributed by atoms with E-state index in [2.05, 4.69) is 10.2 Å². The number of hydrogen-bond acceptors (Lipinski definition) is 3. The molecule has 8 heteroatoms. The molecule has 150 valence electrons. The third kappa shape index (κ3) is 5.88. The van der Waals surface area contributed by atoms with Crippen LogP contribution in [0.1, 0.15) is 42.5 Å². The van der Waals surface area contributed by atoms with Gasteiger partial charge in [-0.2, -0.15) is 0 Å². The molecule has 2 aliphatic rings. The summed E-state index contributed by atoms with van der Waals surface area (Å²) in [5, 5.41) is 3.15. The largest absolute Gasteiger partial charge is 0.354 e. The number of carbonyl (C=O) groups is 1. The van der Waals surface area contributed by atoms with Gasteiger partial charge in [-0.25, -0.2) is 0 Å². The highest BCUT2D eigenvalue weighted by Crippen LogP contribution is 2.34. The number of piperidine rings is 2. The monoisotopic (exact) mass is 452 g/mol. The van der Waals surface area contributed by atoms with Crippen LogP contribution in [-0.4, -0.2) is 46.6 Å². The van der Waals surface area contributed by atoms with Crippen molar-refractivity contribution in [1.29, 1.82) is 0 Å². The zero-order valence-electron chi connectivity index (χ0n) is 15.0. The second-order valence-electron chi connectivity index (χ2n) is 7.24. The molecule has 4 nitrogen and oxygen atoms in total. The maximum Gasteiger partial charge on any atom is 0.253 e. The third-order valence-corrected chi connectivity index (χ3v) is 6.18. The Balaban J connectivity index is 1.62. The van der Waals surface area contributed by atoms with Crippen LogP contribution in [0.5, 0.6) is 0 Å². The van der Waals surface area contributed by atoms with Gasteiger partial charge in [-0.15, -0.1) is 0 Å². The fourth-order valence-electron chi connectivity index (χ4n) is 4.04. The molecule has 0 spiro atoms. The summed E-state index contributed by atoms with van der Waals surface area (Å²) < 4.78 is 4.16. The highest BCUT2D eigenvalue weighted by Gasteiger charge is 2.38. The quantitative estimate of drug-likeness (QED) is 0.501. The average molecular weight is 454 g/mol. The molecule has 2 fully saturated rings. The van der Waals surface area contributed by atoms with E-state index in [-0.39, 0.29) is 0 Å². The number of nitrogens with zero attached hydrogens (tertiary/aromatic N) is 1. The molecule has 0 bridgehead atoms. The molecule has 0 aromatic heterocycles. The van der Waals surface area contributed by atoms with Crippen molar-refractivity contribution in [1.82, 2.24) is 10.2 Å². The summed E-state index contributed by atoms with van der Waals surface area (Å²) in [6, 6.07) is 7.13. The van der Waals surface area contributed by atoms with Gasteiger partial charge >= 0.3 is 0 Å². The van der Waals surface area contributed by atoms with Crippen molar-refractivity contribution in [3.63, 3.8) is 0 Å². The lowest BCUT2D eigenvalue weighted by Crippen LogP contribution is -2.51. The van der Waals surface area contributed by atoms with Crippen molar-refractivity contribution < 1.29 is 9.53 Å². The van der Waals surface area contributed by atoms with Crippen LogP contribution in [0.2, 0.25) is 5.02 Å². The summed E-state index contributed by atoms with van der Waals surface area (Å²) in [5.74, 6) is -0.00580. The van der Waals surface area contributed by atoms with Gasteiger partial charge in [0, 0.05) is 16.6 Å². The SMILES string of the molecule is O=C(NC(OC[C@@H]1CCCN2CCCC[C@H]12)C(Cl)(Cl)Cl)c1cccc(Cl)c1. The first kappa shape index (κ1) is 21.5. The lowest BCUT2D eigenvalue weighted by Gasteiger charge is -2.44. The highest BCUT2D eigenvalue weighted by atomic mass is 35.6. The first-order valence-electron chi connectivity index (χ1n) is 9.33. The second-order valence-corrected chi connectivity index (χ2v) is 10.0. The summed E-state index contributed by atoms with van der Waals surface area (Å²) in [6.07, 6.45) is 4.90. The highest BCUT2D eigenvalue weighted by molar-refractivity contribution is 6.68. The Hall–Kier alpha value is -0.230. The molecule has 2 aliphatic heterocycles. The molecular formula is C19H24Cl4N2O2. The molecule has 3 atom stereocenters. The van der Waals surface area contributed by atoms with Crippen molar-refractivity contribution in [2.24, 2.45) is 5.92 Å². The number of halogens is 4. The fourth-order valence-corrected chi connectivity index (χ4v) is 4.58. The number of fused-ring (bicyclic) bond motifs is 1. The maximum absolute atomic E-state index is 12.5. The Morgan fingerprint density at radius 3 is 2.74 bits per heavy atom. The summed E-state index contributed by atoms with van der Waals surface area (Å²) in [4.78, 5) is 15.1. The van der Waals surface area contributed by atoms with E-state index in [1.54, 1.807) is 24.3 Å². The number of amides is 1. The van der Waals surface area contributed by atoms with Crippen LogP contribution in [0.3, 0.4) is 0 Å². The van der Waals surface area contributed by atoms with Gasteiger partial charge in [0.2, 0.25) is 3.79 Å². The number of rotatable bonds is 5. The molecule has 1 amide bonds. The molecule has 2 saturated heterocycles. The zero-order chi connectivity index (χ0) is 19.4. The number of carbonyl (C=O) groups excluding carboxylic acids is 1. The van der Waals surface area contributed by atoms with Gasteiger partial charge in [0.25, 0.3) is 5.91 Å². The first-order valence-corrected chi connectivity index (χ1v) is 10.8. The van der Waals surface area contributed by atoms with Gasteiger partial charge in [-0.05, 0) is 62.9 Å². The summed E-state index contributed by atoms with van der Waals surface area (Å²) in [5.41, 5.74) is 0.390. The third-order valence-electron chi connectivity index (χ3n) is 5.35. The van der Waals surface area contributed by atoms with Crippen molar-refractivity contribution in [3.05, 3.63) is 34.9 Å². The van der Waals surface area contributed by atoms with Gasteiger partial charge in [0.1, 0.15) is 0 Å². The van der Waals surface area contributed by atoms with Crippen LogP contribution in [0.15, 0.2) is 24.3 Å². The molecule has 3 rings (SSSR count). The van der Waals surface area contributed by atoms with E-state index in [1.165, 1.54) is 19.3 Å². The molecule has 0 saturated carbocycles. The number of alkyl halides is 3. The van der Waals surface area contributed by atoms with Crippen LogP contribution in [0, 0.1) is 5.92 Å². The Bertz CT molecular complexity index is 651. The molecular weight excluding hydrogens is 430 g/mol. The van der Waals surface area contributed by atoms with Crippen LogP contribution in [-0.2, 0) is 4.74 Å². The molecule has 1 unspecified atom stereocenters. The zero-order valence-corrected chi connectivity index (χ0v) is 18.0. The minimum absolute atomic E-state index is 0.386. The maximum atomic E-state index is 12.5. The van der Waals surface area contributed by atoms with Crippen molar-refractivity contribution in [2.75, 3.05) is 19.7 Å². The Morgan fingerprint density at radius 2 is 2.00 bits per heavy atom. The van der Waals surface area contributed by atoms with Crippen LogP contribution < -0.4 is 5.32 Å². The predicted molar refractivity (Wildman–Crippen MR) is 111 cm³/mol. The van der Waals surface area contributed by atoms with Gasteiger partial charge in [-0.3, -0.25) is 4.79 Å². The predicted octanol–water partition coefficient (Wildman–Crippen LogP) is 5.05. The van der Waals surface area contributed by atoms with Crippen molar-refractivity contribution in [3.8, 4) is 0 Å². The molecule has 0 radical (unpaired) electrons. The Kier molecular flexibility index (Phi) is 7.57. The molecule has 0 aliphatic carbocycles. The Labute approximate surface area is 180 Å². The van der Waals surface area contributed by atoms with Crippen molar-refractivity contribution >= 4 is 52.3 Å². The molecule has 27 heavy (non-hydrogen) atoms. The standard InChI is InChI=1S/C19H24Cl4N2O2/c20-15-7-3-5-13(11-15)17(26)24-18(19(21,22)23)27-12-14-6-4-10-25-9-2-1-8-16(14)25/h3,5,7,11,14,16,18H,1-2,4,6,8-10,12H2,(H,24,26)/t14-,16+,18?/m0/s1. The second kappa shape index (κ2) is 9.51. The summed E-state index contributed by atoms with van der Waals surface area (Å²) >= 11 is 24.2. The molecule has 1 aromatic rings. The number of hydrogen-bond donors (Lipinski definition) is 1. The van der Waals surface area contributed by atoms with Gasteiger partial charge in [0.15, 0.2) is 6.23 Å². The van der Waals surface area contributed by atoms with E-state index in [0.717, 1.165) is 25.9 Å². The van der Waals surface area contributed by atoms with E-state index < -0.39 is 15.9 Å². The van der Waals surface area contributed by atoms with E-state index in [1.807, 2.05) is 0 Å². The van der Waals surface area contributed by atoms with Crippen molar-refractivity contribution in [2.45, 2.75) is 48.2 Å². The van der Waals surface area contributed by atoms with Gasteiger partial charge in [0.05, 0.1) is 6.61 Å². The molecule has 1 N–H and O–H groups in total. The number of ether oxygens (including phenoxy) is 1. The van der Waals surface area contributed by atoms with Crippen LogP contribution in [0.4, 0.5) is 0 Å². The lowest BCUT2D eigenvalue weighted by molar-refractivity contribution is -0.0325. The number of nitrogens with one attached hydrogen (secondary N) is 1. The van der Waals surface area contributed by atoms with E-state index in [4.69, 9.17) is 51.1 Å². The number of benzene rings is 1. The molecule has 2 heterocycles. The molecule has 1 aromatic carbocycles. The lowest BCUT2D eigenvalue weighted by atomic mass is 9.84. The fraction of sp³-hybridized carbons (Fsp3) is 0.632. The smallest absolute Gasteiger partial charge is 0.253 e. The van der Waals surface area contributed by atoms with E-state index in [9.17, 15) is 4.79 Å². The topological polar surface area (TPSA) is 41.6 Å². The minimum atomic E-state index is -1.77. The normalized spacial score (nSPS) is 24.9. The van der Waals surface area contributed by atoms with Gasteiger partial charge in [-0.1, -0.05) is 58.9 Å². The Morgan fingerprint density at radius 1 is 1.22 bits per heavy atom. The van der Waals surface area contributed by atoms with E-state index >= 15 is 0 Å². The van der Waals surface area contributed by atoms with Crippen LogP contribution >= 0.6 is 46.4 Å². The average Bonchev–Trinajstić information content (AvgIpc) is 2.64. The summed E-state index contributed by atoms with van der Waals surface area (Å²) in [6.45, 7) is 2.76. The minimum Gasteiger partial charge on any atom is -0.354 e.